The third kappa shape index (κ3) is 3.71. The zero-order chi connectivity index (χ0) is 28.1. The third-order valence-corrected chi connectivity index (χ3v) is 9.66. The second kappa shape index (κ2) is 8.18. The van der Waals surface area contributed by atoms with Gasteiger partial charge in [0.2, 0.25) is 5.91 Å². The number of H-pyrrole nitrogens is 1. The minimum absolute atomic E-state index is 0.0211. The number of ketones is 1. The Labute approximate surface area is 230 Å². The Hall–Kier alpha value is -3.67. The molecule has 4 bridgehead atoms. The van der Waals surface area contributed by atoms with Gasteiger partial charge in [-0.05, 0) is 49.4 Å². The molecule has 11 nitrogen and oxygen atoms in total. The van der Waals surface area contributed by atoms with Crippen molar-refractivity contribution in [2.24, 2.45) is 22.0 Å². The van der Waals surface area contributed by atoms with Gasteiger partial charge in [-0.3, -0.25) is 14.4 Å². The van der Waals surface area contributed by atoms with Crippen LogP contribution in [0.1, 0.15) is 62.7 Å². The van der Waals surface area contributed by atoms with Crippen molar-refractivity contribution in [1.82, 2.24) is 34.8 Å². The molecule has 8 rings (SSSR count). The van der Waals surface area contributed by atoms with Gasteiger partial charge in [0.15, 0.2) is 11.6 Å². The van der Waals surface area contributed by atoms with Crippen molar-refractivity contribution in [3.8, 4) is 5.82 Å². The number of fused-ring (bicyclic) bond motifs is 1. The quantitative estimate of drug-likeness (QED) is 0.376. The van der Waals surface area contributed by atoms with E-state index in [9.17, 15) is 18.8 Å². The van der Waals surface area contributed by atoms with Crippen molar-refractivity contribution in [2.75, 3.05) is 26.2 Å². The van der Waals surface area contributed by atoms with Gasteiger partial charge in [0, 0.05) is 37.9 Å². The maximum Gasteiger partial charge on any atom is 0.295 e. The number of carbonyl (C=O) groups is 3. The average molecular weight is 549 g/mol. The number of nitrogens with zero attached hydrogens (tertiary/aromatic N) is 6. The number of aromatic amines is 1. The van der Waals surface area contributed by atoms with Crippen LogP contribution in [0, 0.1) is 22.1 Å². The number of nitrogens with one attached hydrogen (secondary N) is 1. The Morgan fingerprint density at radius 1 is 0.975 bits per heavy atom. The fourth-order valence-corrected chi connectivity index (χ4v) is 9.49. The highest BCUT2D eigenvalue weighted by Gasteiger charge is 2.67. The molecule has 0 radical (unpaired) electrons. The van der Waals surface area contributed by atoms with E-state index in [1.807, 2.05) is 4.90 Å². The standard InChI is InChI=1S/C28H33FN8O3/c1-25-11-26(2)13-27(12-25,16-28(30,14-25)15-26)24(40)36-7-5-35(6-8-36)23(39)21(38)17-9-31-20-19(17)18(29)10-32-22(20)37-4-3-33-34-37/h3-4,9-10,31H,5-8,11-16,30H2,1-2H3/t25-,26+,27?,28?. The molecule has 40 heavy (non-hydrogen) atoms. The molecule has 3 aromatic heterocycles. The molecule has 2 unspecified atom stereocenters. The molecule has 2 amide bonds. The van der Waals surface area contributed by atoms with Gasteiger partial charge >= 0.3 is 0 Å². The van der Waals surface area contributed by atoms with Crippen LogP contribution in [0.25, 0.3) is 16.7 Å². The topological polar surface area (TPSA) is 143 Å². The van der Waals surface area contributed by atoms with E-state index >= 15 is 0 Å². The SMILES string of the molecule is C[C@]12CC3(N)CC(C(=O)N4CCN(C(=O)C(=O)c5c[nH]c6c(-n7ccnn7)ncc(F)c56)CC4)(C1)C[C@@](C)(C3)C2. The molecule has 4 aliphatic carbocycles. The van der Waals surface area contributed by atoms with Gasteiger partial charge in [0.25, 0.3) is 11.7 Å². The van der Waals surface area contributed by atoms with E-state index in [1.165, 1.54) is 22.0 Å². The molecule has 0 spiro atoms. The molecule has 5 aliphatic rings. The van der Waals surface area contributed by atoms with E-state index < -0.39 is 22.9 Å². The minimum Gasteiger partial charge on any atom is -0.357 e. The molecule has 4 atom stereocenters. The summed E-state index contributed by atoms with van der Waals surface area (Å²) in [5, 5.41) is 7.61. The van der Waals surface area contributed by atoms with Crippen LogP contribution < -0.4 is 5.73 Å². The number of piperazine rings is 1. The van der Waals surface area contributed by atoms with Crippen molar-refractivity contribution in [1.29, 1.82) is 0 Å². The summed E-state index contributed by atoms with van der Waals surface area (Å²) in [6.45, 7) is 5.76. The highest BCUT2D eigenvalue weighted by molar-refractivity contribution is 6.45. The first kappa shape index (κ1) is 25.3. The molecule has 12 heteroatoms. The van der Waals surface area contributed by atoms with E-state index in [2.05, 4.69) is 34.1 Å². The van der Waals surface area contributed by atoms with Crippen LogP contribution in [0.3, 0.4) is 0 Å². The summed E-state index contributed by atoms with van der Waals surface area (Å²) in [4.78, 5) is 50.8. The van der Waals surface area contributed by atoms with E-state index in [0.29, 0.717) is 13.1 Å². The normalized spacial score (nSPS) is 33.1. The minimum atomic E-state index is -0.812. The number of carbonyl (C=O) groups excluding carboxylic acids is 3. The summed E-state index contributed by atoms with van der Waals surface area (Å²) in [6, 6.07) is 0. The van der Waals surface area contributed by atoms with Crippen LogP contribution in [0.4, 0.5) is 4.39 Å². The van der Waals surface area contributed by atoms with Gasteiger partial charge in [-0.2, -0.15) is 0 Å². The number of pyridine rings is 1. The number of rotatable bonds is 4. The highest BCUT2D eigenvalue weighted by atomic mass is 19.1. The van der Waals surface area contributed by atoms with Crippen molar-refractivity contribution in [2.45, 2.75) is 57.9 Å². The van der Waals surface area contributed by atoms with E-state index in [-0.39, 0.29) is 57.6 Å². The molecular formula is C28H33FN8O3. The molecule has 3 N–H and O–H groups in total. The number of hydrogen-bond donors (Lipinski definition) is 2. The largest absolute Gasteiger partial charge is 0.357 e. The number of hydrogen-bond acceptors (Lipinski definition) is 7. The van der Waals surface area contributed by atoms with Crippen LogP contribution >= 0.6 is 0 Å². The molecule has 4 saturated carbocycles. The number of aromatic nitrogens is 5. The Kier molecular flexibility index (Phi) is 5.18. The number of amides is 2. The Morgan fingerprint density at radius 2 is 1.65 bits per heavy atom. The van der Waals surface area contributed by atoms with Gasteiger partial charge < -0.3 is 20.5 Å². The smallest absolute Gasteiger partial charge is 0.295 e. The lowest BCUT2D eigenvalue weighted by atomic mass is 9.38. The zero-order valence-corrected chi connectivity index (χ0v) is 22.7. The lowest BCUT2D eigenvalue weighted by molar-refractivity contribution is -0.185. The highest BCUT2D eigenvalue weighted by Crippen LogP contribution is 2.70. The van der Waals surface area contributed by atoms with Gasteiger partial charge in [-0.15, -0.1) is 5.10 Å². The molecule has 1 aliphatic heterocycles. The fourth-order valence-electron chi connectivity index (χ4n) is 9.49. The monoisotopic (exact) mass is 548 g/mol. The first-order valence-corrected chi connectivity index (χ1v) is 13.9. The Bertz CT molecular complexity index is 1500. The van der Waals surface area contributed by atoms with Crippen LogP contribution in [0.2, 0.25) is 0 Å². The van der Waals surface area contributed by atoms with E-state index in [4.69, 9.17) is 5.73 Å². The maximum absolute atomic E-state index is 14.8. The summed E-state index contributed by atoms with van der Waals surface area (Å²) in [5.74, 6) is -1.85. The van der Waals surface area contributed by atoms with E-state index in [1.54, 1.807) is 6.20 Å². The number of Topliss-reactive ketones (excluding diaryl/α,β-unsaturated/α-hetero) is 1. The van der Waals surface area contributed by atoms with Crippen molar-refractivity contribution < 1.29 is 18.8 Å². The number of nitrogens with two attached hydrogens (primary N) is 1. The predicted octanol–water partition coefficient (Wildman–Crippen LogP) is 2.21. The Balaban J connectivity index is 1.07. The fraction of sp³-hybridized carbons (Fsp3) is 0.571. The van der Waals surface area contributed by atoms with Crippen molar-refractivity contribution in [3.63, 3.8) is 0 Å². The molecule has 4 heterocycles. The second-order valence-electron chi connectivity index (χ2n) is 13.5. The predicted molar refractivity (Wildman–Crippen MR) is 142 cm³/mol. The van der Waals surface area contributed by atoms with Gasteiger partial charge in [-0.25, -0.2) is 14.1 Å². The van der Waals surface area contributed by atoms with Crippen LogP contribution in [-0.2, 0) is 9.59 Å². The average Bonchev–Trinajstić information content (AvgIpc) is 3.56. The molecule has 0 aromatic carbocycles. The van der Waals surface area contributed by atoms with Crippen molar-refractivity contribution >= 4 is 28.5 Å². The summed E-state index contributed by atoms with van der Waals surface area (Å²) in [7, 11) is 0. The molecule has 210 valence electrons. The van der Waals surface area contributed by atoms with E-state index in [0.717, 1.165) is 44.7 Å². The lowest BCUT2D eigenvalue weighted by Crippen LogP contribution is -2.69. The summed E-state index contributed by atoms with van der Waals surface area (Å²) in [5.41, 5.74) is 6.46. The van der Waals surface area contributed by atoms with Crippen LogP contribution in [0.5, 0.6) is 0 Å². The third-order valence-electron chi connectivity index (χ3n) is 9.66. The van der Waals surface area contributed by atoms with Gasteiger partial charge in [0.1, 0.15) is 0 Å². The number of halogens is 1. The first-order chi connectivity index (χ1) is 18.9. The lowest BCUT2D eigenvalue weighted by Gasteiger charge is -2.68. The summed E-state index contributed by atoms with van der Waals surface area (Å²) < 4.78 is 16.2. The molecule has 3 aromatic rings. The van der Waals surface area contributed by atoms with Crippen molar-refractivity contribution in [3.05, 3.63) is 36.2 Å². The second-order valence-corrected chi connectivity index (χ2v) is 13.5. The van der Waals surface area contributed by atoms with Gasteiger partial charge in [-0.1, -0.05) is 19.1 Å². The Morgan fingerprint density at radius 3 is 2.27 bits per heavy atom. The maximum atomic E-state index is 14.8. The van der Waals surface area contributed by atoms with Crippen LogP contribution in [-0.4, -0.2) is 84.1 Å². The van der Waals surface area contributed by atoms with Crippen LogP contribution in [0.15, 0.2) is 24.8 Å². The first-order valence-electron chi connectivity index (χ1n) is 13.9. The summed E-state index contributed by atoms with van der Waals surface area (Å²) in [6.07, 6.45) is 10.8. The zero-order valence-electron chi connectivity index (χ0n) is 22.7. The summed E-state index contributed by atoms with van der Waals surface area (Å²) >= 11 is 0. The molecule has 5 fully saturated rings. The van der Waals surface area contributed by atoms with Gasteiger partial charge in [0.05, 0.1) is 40.5 Å². The molecular weight excluding hydrogens is 515 g/mol. The molecule has 1 saturated heterocycles.